The molecule has 114 valence electrons. The predicted molar refractivity (Wildman–Crippen MR) is 83.8 cm³/mol. The van der Waals surface area contributed by atoms with Crippen molar-refractivity contribution in [1.29, 1.82) is 0 Å². The molecule has 2 rings (SSSR count). The van der Waals surface area contributed by atoms with Crippen molar-refractivity contribution < 1.29 is 4.42 Å². The molecular formula is C17H30N2O. The summed E-state index contributed by atoms with van der Waals surface area (Å²) in [6, 6.07) is 2.98. The summed E-state index contributed by atoms with van der Waals surface area (Å²) in [4.78, 5) is 2.63. The number of aryl methyl sites for hydroxylation is 1. The molecular weight excluding hydrogens is 248 g/mol. The standard InChI is InChI=1S/C17H30N2O/c1-4-16-9-7-6-8-10-19(16)13-17-11-15(12-18-5-2)14(3)20-17/h11,16,18H,4-10,12-13H2,1-3H3. The Hall–Kier alpha value is -0.800. The van der Waals surface area contributed by atoms with Crippen molar-refractivity contribution in [2.75, 3.05) is 13.1 Å². The van der Waals surface area contributed by atoms with Crippen LogP contribution in [0.4, 0.5) is 0 Å². The molecule has 20 heavy (non-hydrogen) atoms. The second kappa shape index (κ2) is 7.84. The van der Waals surface area contributed by atoms with Crippen molar-refractivity contribution >= 4 is 0 Å². The molecule has 1 aromatic heterocycles. The first-order valence-electron chi connectivity index (χ1n) is 8.27. The van der Waals surface area contributed by atoms with Crippen molar-refractivity contribution in [3.05, 3.63) is 23.2 Å². The first-order chi connectivity index (χ1) is 9.74. The van der Waals surface area contributed by atoms with Crippen LogP contribution in [0.25, 0.3) is 0 Å². The molecule has 2 heterocycles. The first kappa shape index (κ1) is 15.6. The van der Waals surface area contributed by atoms with Crippen LogP contribution in [0.15, 0.2) is 10.5 Å². The molecule has 3 heteroatoms. The fourth-order valence-electron chi connectivity index (χ4n) is 3.21. The van der Waals surface area contributed by atoms with E-state index in [2.05, 4.69) is 37.1 Å². The van der Waals surface area contributed by atoms with E-state index in [4.69, 9.17) is 4.42 Å². The maximum atomic E-state index is 5.97. The third-order valence-electron chi connectivity index (χ3n) is 4.47. The number of likely N-dealkylation sites (tertiary alicyclic amines) is 1. The Bertz CT molecular complexity index is 400. The van der Waals surface area contributed by atoms with Crippen molar-refractivity contribution in [2.45, 2.75) is 72.0 Å². The van der Waals surface area contributed by atoms with Gasteiger partial charge in [-0.2, -0.15) is 0 Å². The maximum Gasteiger partial charge on any atom is 0.118 e. The third-order valence-corrected chi connectivity index (χ3v) is 4.47. The molecule has 1 fully saturated rings. The van der Waals surface area contributed by atoms with Crippen molar-refractivity contribution in [1.82, 2.24) is 10.2 Å². The quantitative estimate of drug-likeness (QED) is 0.856. The molecule has 0 saturated carbocycles. The zero-order chi connectivity index (χ0) is 14.4. The monoisotopic (exact) mass is 278 g/mol. The molecule has 0 spiro atoms. The second-order valence-electron chi connectivity index (χ2n) is 5.96. The van der Waals surface area contributed by atoms with Gasteiger partial charge in [-0.25, -0.2) is 0 Å². The van der Waals surface area contributed by atoms with E-state index in [9.17, 15) is 0 Å². The van der Waals surface area contributed by atoms with Crippen molar-refractivity contribution in [3.8, 4) is 0 Å². The Morgan fingerprint density at radius 1 is 1.30 bits per heavy atom. The largest absolute Gasteiger partial charge is 0.465 e. The summed E-state index contributed by atoms with van der Waals surface area (Å²) < 4.78 is 5.97. The second-order valence-corrected chi connectivity index (χ2v) is 5.96. The minimum Gasteiger partial charge on any atom is -0.465 e. The van der Waals surface area contributed by atoms with E-state index in [1.165, 1.54) is 44.2 Å². The average molecular weight is 278 g/mol. The molecule has 1 aromatic rings. The van der Waals surface area contributed by atoms with Gasteiger partial charge in [0.15, 0.2) is 0 Å². The number of hydrogen-bond acceptors (Lipinski definition) is 3. The summed E-state index contributed by atoms with van der Waals surface area (Å²) in [5.74, 6) is 2.21. The van der Waals surface area contributed by atoms with Gasteiger partial charge in [-0.05, 0) is 45.3 Å². The van der Waals surface area contributed by atoms with Crippen LogP contribution in [-0.2, 0) is 13.1 Å². The Morgan fingerprint density at radius 2 is 2.15 bits per heavy atom. The minimum absolute atomic E-state index is 0.736. The lowest BCUT2D eigenvalue weighted by Crippen LogP contribution is -2.33. The van der Waals surface area contributed by atoms with Crippen LogP contribution >= 0.6 is 0 Å². The van der Waals surface area contributed by atoms with Crippen LogP contribution in [-0.4, -0.2) is 24.0 Å². The number of nitrogens with zero attached hydrogens (tertiary/aromatic N) is 1. The van der Waals surface area contributed by atoms with Gasteiger partial charge in [-0.3, -0.25) is 4.90 Å². The van der Waals surface area contributed by atoms with E-state index in [0.717, 1.165) is 37.2 Å². The zero-order valence-corrected chi connectivity index (χ0v) is 13.4. The minimum atomic E-state index is 0.736. The number of nitrogens with one attached hydrogen (secondary N) is 1. The van der Waals surface area contributed by atoms with E-state index in [0.29, 0.717) is 0 Å². The van der Waals surface area contributed by atoms with E-state index in [-0.39, 0.29) is 0 Å². The summed E-state index contributed by atoms with van der Waals surface area (Å²) in [7, 11) is 0. The Balaban J connectivity index is 2.00. The molecule has 0 radical (unpaired) electrons. The highest BCUT2D eigenvalue weighted by atomic mass is 16.3. The van der Waals surface area contributed by atoms with Crippen LogP contribution in [0.1, 0.15) is 63.0 Å². The van der Waals surface area contributed by atoms with Gasteiger partial charge in [0.25, 0.3) is 0 Å². The number of hydrogen-bond donors (Lipinski definition) is 1. The van der Waals surface area contributed by atoms with E-state index >= 15 is 0 Å². The smallest absolute Gasteiger partial charge is 0.118 e. The summed E-state index contributed by atoms with van der Waals surface area (Å²) in [6.07, 6.45) is 6.71. The Morgan fingerprint density at radius 3 is 2.90 bits per heavy atom. The highest BCUT2D eigenvalue weighted by molar-refractivity contribution is 5.20. The van der Waals surface area contributed by atoms with Gasteiger partial charge in [0.05, 0.1) is 6.54 Å². The number of furan rings is 1. The normalized spacial score (nSPS) is 21.1. The first-order valence-corrected chi connectivity index (χ1v) is 8.27. The zero-order valence-electron chi connectivity index (χ0n) is 13.4. The van der Waals surface area contributed by atoms with E-state index < -0.39 is 0 Å². The van der Waals surface area contributed by atoms with Crippen LogP contribution in [0.2, 0.25) is 0 Å². The Kier molecular flexibility index (Phi) is 6.11. The van der Waals surface area contributed by atoms with Gasteiger partial charge in [0.1, 0.15) is 11.5 Å². The molecule has 1 atom stereocenters. The predicted octanol–water partition coefficient (Wildman–Crippen LogP) is 3.85. The van der Waals surface area contributed by atoms with Gasteiger partial charge in [0.2, 0.25) is 0 Å². The lowest BCUT2D eigenvalue weighted by molar-refractivity contribution is 0.172. The molecule has 1 saturated heterocycles. The lowest BCUT2D eigenvalue weighted by atomic mass is 10.1. The van der Waals surface area contributed by atoms with Gasteiger partial charge in [-0.1, -0.05) is 26.7 Å². The molecule has 3 nitrogen and oxygen atoms in total. The molecule has 1 unspecified atom stereocenters. The molecule has 1 N–H and O–H groups in total. The van der Waals surface area contributed by atoms with E-state index in [1.54, 1.807) is 0 Å². The fraction of sp³-hybridized carbons (Fsp3) is 0.765. The summed E-state index contributed by atoms with van der Waals surface area (Å²) in [5.41, 5.74) is 1.31. The van der Waals surface area contributed by atoms with E-state index in [1.807, 2.05) is 0 Å². The lowest BCUT2D eigenvalue weighted by Gasteiger charge is -2.28. The maximum absolute atomic E-state index is 5.97. The van der Waals surface area contributed by atoms with Gasteiger partial charge in [-0.15, -0.1) is 0 Å². The summed E-state index contributed by atoms with van der Waals surface area (Å²) >= 11 is 0. The molecule has 0 aromatic carbocycles. The summed E-state index contributed by atoms with van der Waals surface area (Å²) in [6.45, 7) is 10.7. The van der Waals surface area contributed by atoms with Crippen LogP contribution in [0, 0.1) is 6.92 Å². The van der Waals surface area contributed by atoms with Crippen LogP contribution in [0.3, 0.4) is 0 Å². The molecule has 0 bridgehead atoms. The highest BCUT2D eigenvalue weighted by Gasteiger charge is 2.21. The number of rotatable bonds is 6. The Labute approximate surface area is 123 Å². The molecule has 0 amide bonds. The molecule has 1 aliphatic rings. The summed E-state index contributed by atoms with van der Waals surface area (Å²) in [5, 5.41) is 3.38. The third kappa shape index (κ3) is 4.10. The molecule has 1 aliphatic heterocycles. The topological polar surface area (TPSA) is 28.4 Å². The average Bonchev–Trinajstić information content (AvgIpc) is 2.65. The van der Waals surface area contributed by atoms with Gasteiger partial charge >= 0.3 is 0 Å². The SMILES string of the molecule is CCNCc1cc(CN2CCCCCC2CC)oc1C. The van der Waals surface area contributed by atoms with Gasteiger partial charge < -0.3 is 9.73 Å². The van der Waals surface area contributed by atoms with Crippen molar-refractivity contribution in [3.63, 3.8) is 0 Å². The van der Waals surface area contributed by atoms with Crippen LogP contribution < -0.4 is 5.32 Å². The van der Waals surface area contributed by atoms with Crippen molar-refractivity contribution in [2.24, 2.45) is 0 Å². The van der Waals surface area contributed by atoms with Gasteiger partial charge in [0, 0.05) is 18.2 Å². The molecule has 0 aliphatic carbocycles. The highest BCUT2D eigenvalue weighted by Crippen LogP contribution is 2.23. The fourth-order valence-corrected chi connectivity index (χ4v) is 3.21. The van der Waals surface area contributed by atoms with Crippen LogP contribution in [0.5, 0.6) is 0 Å².